The molecule has 0 saturated carbocycles. The lowest BCUT2D eigenvalue weighted by Crippen LogP contribution is -2.40. The summed E-state index contributed by atoms with van der Waals surface area (Å²) >= 11 is 7.65. The molecule has 3 aromatic rings. The maximum Gasteiger partial charge on any atom is 0.293 e. The van der Waals surface area contributed by atoms with Crippen molar-refractivity contribution in [3.05, 3.63) is 63.3 Å². The average Bonchev–Trinajstić information content (AvgIpc) is 3.27. The average molecular weight is 468 g/mol. The minimum absolute atomic E-state index is 0.122. The van der Waals surface area contributed by atoms with Crippen LogP contribution in [0.1, 0.15) is 47.3 Å². The lowest BCUT2D eigenvalue weighted by Gasteiger charge is -2.18. The van der Waals surface area contributed by atoms with Crippen LogP contribution < -0.4 is 10.0 Å². The fourth-order valence-corrected chi connectivity index (χ4v) is 5.05. The van der Waals surface area contributed by atoms with Gasteiger partial charge < -0.3 is 4.42 Å². The highest BCUT2D eigenvalue weighted by atomic mass is 35.5. The molecule has 2 N–H and O–H groups in total. The molecule has 3 rings (SSSR count). The Morgan fingerprint density at radius 1 is 1.23 bits per heavy atom. The van der Waals surface area contributed by atoms with Gasteiger partial charge in [0.25, 0.3) is 15.9 Å². The van der Waals surface area contributed by atoms with Crippen LogP contribution in [0.15, 0.2) is 46.0 Å². The third-order valence-electron chi connectivity index (χ3n) is 3.92. The van der Waals surface area contributed by atoms with E-state index in [-0.39, 0.29) is 10.9 Å². The molecular formula is C20H22ClN3O4S2. The molecule has 30 heavy (non-hydrogen) atoms. The molecule has 0 fully saturated rings. The maximum absolute atomic E-state index is 12.4. The topological polar surface area (TPSA) is 101 Å². The fraction of sp³-hybridized carbons (Fsp3) is 0.300. The summed E-state index contributed by atoms with van der Waals surface area (Å²) in [6.45, 7) is 7.08. The molecule has 0 bridgehead atoms. The molecule has 0 unspecified atom stereocenters. The molecule has 2 heterocycles. The predicted molar refractivity (Wildman–Crippen MR) is 118 cm³/mol. The summed E-state index contributed by atoms with van der Waals surface area (Å²) in [5, 5.41) is 3.40. The van der Waals surface area contributed by atoms with Gasteiger partial charge in [-0.1, -0.05) is 29.8 Å². The van der Waals surface area contributed by atoms with Gasteiger partial charge >= 0.3 is 0 Å². The number of carbonyl (C=O) groups is 1. The van der Waals surface area contributed by atoms with Crippen LogP contribution in [0.3, 0.4) is 0 Å². The van der Waals surface area contributed by atoms with Crippen molar-refractivity contribution in [1.29, 1.82) is 0 Å². The van der Waals surface area contributed by atoms with Gasteiger partial charge in [-0.2, -0.15) is 0 Å². The Morgan fingerprint density at radius 2 is 1.97 bits per heavy atom. The van der Waals surface area contributed by atoms with Gasteiger partial charge in [-0.15, -0.1) is 11.3 Å². The molecule has 0 aliphatic rings. The van der Waals surface area contributed by atoms with Gasteiger partial charge in [-0.3, -0.25) is 10.1 Å². The number of carbonyl (C=O) groups excluding carboxylic acids is 1. The number of aromatic nitrogens is 1. The van der Waals surface area contributed by atoms with Gasteiger partial charge in [0, 0.05) is 28.1 Å². The van der Waals surface area contributed by atoms with Crippen LogP contribution in [0.2, 0.25) is 5.02 Å². The first-order chi connectivity index (χ1) is 13.9. The first-order valence-electron chi connectivity index (χ1n) is 9.08. The number of aryl methyl sites for hydroxylation is 1. The molecule has 0 aliphatic carbocycles. The molecule has 0 atom stereocenters. The number of nitrogens with zero attached hydrogens (tertiary/aromatic N) is 1. The zero-order chi connectivity index (χ0) is 22.1. The third-order valence-corrected chi connectivity index (χ3v) is 7.00. The van der Waals surface area contributed by atoms with Gasteiger partial charge in [-0.25, -0.2) is 18.1 Å². The molecule has 160 valence electrons. The summed E-state index contributed by atoms with van der Waals surface area (Å²) in [6, 6.07) is 8.39. The number of furan rings is 1. The first kappa shape index (κ1) is 22.5. The number of sulfonamides is 1. The van der Waals surface area contributed by atoms with Crippen LogP contribution in [0.5, 0.6) is 0 Å². The molecular weight excluding hydrogens is 446 g/mol. The molecule has 0 saturated heterocycles. The zero-order valence-electron chi connectivity index (χ0n) is 16.9. The standard InChI is InChI=1S/C20H22ClN3O4S2/c1-12-6-5-7-13(17(12)21)10-14-11-22-19(29-14)23-18(25)15-8-9-16(28-15)30(26,27)24-20(2,3)4/h5-9,11,24H,10H2,1-4H3,(H,22,23,25). The smallest absolute Gasteiger partial charge is 0.293 e. The van der Waals surface area contributed by atoms with Gasteiger partial charge in [0.1, 0.15) is 0 Å². The first-order valence-corrected chi connectivity index (χ1v) is 11.8. The highest BCUT2D eigenvalue weighted by Gasteiger charge is 2.26. The van der Waals surface area contributed by atoms with Gasteiger partial charge in [0.2, 0.25) is 5.09 Å². The van der Waals surface area contributed by atoms with E-state index < -0.39 is 21.5 Å². The number of nitrogens with one attached hydrogen (secondary N) is 2. The van der Waals surface area contributed by atoms with Gasteiger partial charge in [0.05, 0.1) is 0 Å². The Morgan fingerprint density at radius 3 is 2.67 bits per heavy atom. The van der Waals surface area contributed by atoms with Crippen LogP contribution >= 0.6 is 22.9 Å². The van der Waals surface area contributed by atoms with Crippen LogP contribution in [-0.2, 0) is 16.4 Å². The van der Waals surface area contributed by atoms with Crippen LogP contribution in [-0.4, -0.2) is 24.8 Å². The summed E-state index contributed by atoms with van der Waals surface area (Å²) in [7, 11) is -3.86. The van der Waals surface area contributed by atoms with Crippen molar-refractivity contribution in [2.75, 3.05) is 5.32 Å². The summed E-state index contributed by atoms with van der Waals surface area (Å²) in [5.74, 6) is -0.704. The Hall–Kier alpha value is -2.20. The second-order valence-electron chi connectivity index (χ2n) is 7.78. The molecule has 7 nitrogen and oxygen atoms in total. The molecule has 0 spiro atoms. The van der Waals surface area contributed by atoms with E-state index in [0.29, 0.717) is 16.6 Å². The van der Waals surface area contributed by atoms with E-state index >= 15 is 0 Å². The summed E-state index contributed by atoms with van der Waals surface area (Å²) < 4.78 is 32.4. The number of anilines is 1. The van der Waals surface area contributed by atoms with E-state index in [4.69, 9.17) is 16.0 Å². The molecule has 0 aliphatic heterocycles. The van der Waals surface area contributed by atoms with Crippen molar-refractivity contribution in [1.82, 2.24) is 9.71 Å². The number of benzene rings is 1. The SMILES string of the molecule is Cc1cccc(Cc2cnc(NC(=O)c3ccc(S(=O)(=O)NC(C)(C)C)o3)s2)c1Cl. The highest BCUT2D eigenvalue weighted by Crippen LogP contribution is 2.27. The number of rotatable bonds is 6. The Balaban J connectivity index is 1.69. The van der Waals surface area contributed by atoms with Crippen molar-refractivity contribution in [2.45, 2.75) is 44.7 Å². The lowest BCUT2D eigenvalue weighted by atomic mass is 10.1. The van der Waals surface area contributed by atoms with Crippen molar-refractivity contribution in [3.8, 4) is 0 Å². The van der Waals surface area contributed by atoms with E-state index in [1.54, 1.807) is 27.0 Å². The van der Waals surface area contributed by atoms with E-state index in [1.165, 1.54) is 23.5 Å². The monoisotopic (exact) mass is 467 g/mol. The molecule has 2 aromatic heterocycles. The predicted octanol–water partition coefficient (Wildman–Crippen LogP) is 4.62. The van der Waals surface area contributed by atoms with E-state index in [1.807, 2.05) is 25.1 Å². The Bertz CT molecular complexity index is 1180. The minimum atomic E-state index is -3.86. The number of amides is 1. The van der Waals surface area contributed by atoms with Crippen molar-refractivity contribution >= 4 is 44.0 Å². The van der Waals surface area contributed by atoms with E-state index in [9.17, 15) is 13.2 Å². The minimum Gasteiger partial charge on any atom is -0.438 e. The summed E-state index contributed by atoms with van der Waals surface area (Å²) in [6.07, 6.45) is 2.26. The number of hydrogen-bond acceptors (Lipinski definition) is 6. The number of thiazole rings is 1. The second-order valence-corrected chi connectivity index (χ2v) is 10.9. The molecule has 1 amide bonds. The van der Waals surface area contributed by atoms with Crippen LogP contribution in [0.4, 0.5) is 5.13 Å². The van der Waals surface area contributed by atoms with Gasteiger partial charge in [-0.05, 0) is 51.0 Å². The highest BCUT2D eigenvalue weighted by molar-refractivity contribution is 7.89. The van der Waals surface area contributed by atoms with E-state index in [2.05, 4.69) is 15.0 Å². The number of hydrogen-bond donors (Lipinski definition) is 2. The molecule has 10 heteroatoms. The molecule has 1 aromatic carbocycles. The van der Waals surface area contributed by atoms with Crippen molar-refractivity contribution in [3.63, 3.8) is 0 Å². The second kappa shape index (κ2) is 8.50. The molecule has 0 radical (unpaired) electrons. The normalized spacial score (nSPS) is 12.2. The zero-order valence-corrected chi connectivity index (χ0v) is 19.3. The fourth-order valence-electron chi connectivity index (χ4n) is 2.68. The lowest BCUT2D eigenvalue weighted by molar-refractivity contribution is 0.0991. The van der Waals surface area contributed by atoms with Crippen molar-refractivity contribution < 1.29 is 17.6 Å². The van der Waals surface area contributed by atoms with Crippen molar-refractivity contribution in [2.24, 2.45) is 0 Å². The quantitative estimate of drug-likeness (QED) is 0.550. The largest absolute Gasteiger partial charge is 0.438 e. The summed E-state index contributed by atoms with van der Waals surface area (Å²) in [4.78, 5) is 17.6. The van der Waals surface area contributed by atoms with E-state index in [0.717, 1.165) is 16.0 Å². The van der Waals surface area contributed by atoms with Crippen LogP contribution in [0.25, 0.3) is 0 Å². The summed E-state index contributed by atoms with van der Waals surface area (Å²) in [5.41, 5.74) is 1.30. The maximum atomic E-state index is 12.4. The van der Waals surface area contributed by atoms with Crippen LogP contribution in [0, 0.1) is 6.92 Å². The Kier molecular flexibility index (Phi) is 6.37. The third kappa shape index (κ3) is 5.48. The Labute approximate surface area is 184 Å². The number of halogens is 1. The van der Waals surface area contributed by atoms with Gasteiger partial charge in [0.15, 0.2) is 10.9 Å².